The molecule has 0 bridgehead atoms. The summed E-state index contributed by atoms with van der Waals surface area (Å²) in [6.45, 7) is -0.000704. The van der Waals surface area contributed by atoms with Crippen LogP contribution in [0.5, 0.6) is 0 Å². The molecule has 0 saturated heterocycles. The zero-order valence-corrected chi connectivity index (χ0v) is 17.2. The summed E-state index contributed by atoms with van der Waals surface area (Å²) in [5.41, 5.74) is 5.29. The SMILES string of the molecule is CS(=O)(=O)OCc1ccc(-c2nc(-c3ccccc3)cc(-c3ccccc3)n2)cc1. The van der Waals surface area contributed by atoms with E-state index in [1.807, 2.05) is 91.0 Å². The molecule has 4 rings (SSSR count). The standard InChI is InChI=1S/C24H20N2O3S/c1-30(27,28)29-17-18-12-14-21(15-13-18)24-25-22(19-8-4-2-5-9-19)16-23(26-24)20-10-6-3-7-11-20/h2-16H,17H2,1H3. The lowest BCUT2D eigenvalue weighted by atomic mass is 10.1. The second-order valence-corrected chi connectivity index (χ2v) is 8.50. The van der Waals surface area contributed by atoms with Gasteiger partial charge >= 0.3 is 0 Å². The van der Waals surface area contributed by atoms with Crippen LogP contribution < -0.4 is 0 Å². The van der Waals surface area contributed by atoms with Crippen molar-refractivity contribution in [2.45, 2.75) is 6.61 Å². The van der Waals surface area contributed by atoms with Gasteiger partial charge in [-0.25, -0.2) is 9.97 Å². The van der Waals surface area contributed by atoms with Crippen molar-refractivity contribution in [2.24, 2.45) is 0 Å². The van der Waals surface area contributed by atoms with Crippen molar-refractivity contribution < 1.29 is 12.6 Å². The van der Waals surface area contributed by atoms with Crippen molar-refractivity contribution >= 4 is 10.1 Å². The molecule has 0 N–H and O–H groups in total. The van der Waals surface area contributed by atoms with Gasteiger partial charge in [-0.2, -0.15) is 8.42 Å². The van der Waals surface area contributed by atoms with E-state index >= 15 is 0 Å². The molecular weight excluding hydrogens is 396 g/mol. The summed E-state index contributed by atoms with van der Waals surface area (Å²) in [6.07, 6.45) is 1.04. The first-order chi connectivity index (χ1) is 14.5. The summed E-state index contributed by atoms with van der Waals surface area (Å²) in [5.74, 6) is 0.603. The van der Waals surface area contributed by atoms with Crippen molar-refractivity contribution in [3.63, 3.8) is 0 Å². The molecule has 0 saturated carbocycles. The molecule has 0 unspecified atom stereocenters. The Hall–Kier alpha value is -3.35. The van der Waals surface area contributed by atoms with Crippen LogP contribution in [0.15, 0.2) is 91.0 Å². The Balaban J connectivity index is 1.74. The van der Waals surface area contributed by atoms with Crippen LogP contribution in [0.1, 0.15) is 5.56 Å². The molecule has 6 heteroatoms. The maximum absolute atomic E-state index is 11.2. The lowest BCUT2D eigenvalue weighted by Crippen LogP contribution is -2.02. The molecule has 0 radical (unpaired) electrons. The van der Waals surface area contributed by atoms with E-state index < -0.39 is 10.1 Å². The maximum Gasteiger partial charge on any atom is 0.264 e. The van der Waals surface area contributed by atoms with Gasteiger partial charge in [0.05, 0.1) is 24.3 Å². The number of aromatic nitrogens is 2. The summed E-state index contributed by atoms with van der Waals surface area (Å²) in [7, 11) is -3.48. The monoisotopic (exact) mass is 416 g/mol. The topological polar surface area (TPSA) is 69.2 Å². The molecule has 5 nitrogen and oxygen atoms in total. The molecule has 0 aliphatic carbocycles. The van der Waals surface area contributed by atoms with Gasteiger partial charge < -0.3 is 0 Å². The average molecular weight is 417 g/mol. The quantitative estimate of drug-likeness (QED) is 0.416. The molecule has 1 heterocycles. The van der Waals surface area contributed by atoms with E-state index in [-0.39, 0.29) is 6.61 Å². The highest BCUT2D eigenvalue weighted by Gasteiger charge is 2.11. The minimum Gasteiger partial charge on any atom is -0.265 e. The van der Waals surface area contributed by atoms with Crippen LogP contribution in [-0.4, -0.2) is 24.6 Å². The third-order valence-electron chi connectivity index (χ3n) is 4.52. The molecule has 0 atom stereocenters. The fourth-order valence-electron chi connectivity index (χ4n) is 3.02. The number of benzene rings is 3. The normalized spacial score (nSPS) is 11.4. The molecule has 0 aliphatic rings. The molecule has 0 fully saturated rings. The minimum absolute atomic E-state index is 0.000704. The molecule has 0 spiro atoms. The van der Waals surface area contributed by atoms with Crippen LogP contribution >= 0.6 is 0 Å². The molecule has 1 aromatic heterocycles. The van der Waals surface area contributed by atoms with Gasteiger partial charge in [-0.3, -0.25) is 4.18 Å². The maximum atomic E-state index is 11.2. The first-order valence-corrected chi connectivity index (χ1v) is 11.2. The lowest BCUT2D eigenvalue weighted by Gasteiger charge is -2.10. The van der Waals surface area contributed by atoms with Crippen LogP contribution in [0.3, 0.4) is 0 Å². The smallest absolute Gasteiger partial charge is 0.264 e. The van der Waals surface area contributed by atoms with E-state index in [2.05, 4.69) is 0 Å². The van der Waals surface area contributed by atoms with Crippen molar-refractivity contribution in [1.82, 2.24) is 9.97 Å². The van der Waals surface area contributed by atoms with E-state index in [4.69, 9.17) is 14.2 Å². The predicted molar refractivity (Wildman–Crippen MR) is 118 cm³/mol. The second kappa shape index (κ2) is 8.57. The van der Waals surface area contributed by atoms with Gasteiger partial charge in [0.15, 0.2) is 5.82 Å². The number of nitrogens with zero attached hydrogens (tertiary/aromatic N) is 2. The molecular formula is C24H20N2O3S. The number of hydrogen-bond acceptors (Lipinski definition) is 5. The van der Waals surface area contributed by atoms with Crippen molar-refractivity contribution in [3.8, 4) is 33.9 Å². The van der Waals surface area contributed by atoms with Crippen molar-refractivity contribution in [2.75, 3.05) is 6.26 Å². The fourth-order valence-corrected chi connectivity index (χ4v) is 3.37. The third-order valence-corrected chi connectivity index (χ3v) is 5.06. The molecule has 0 amide bonds. The minimum atomic E-state index is -3.48. The Kier molecular flexibility index (Phi) is 5.70. The van der Waals surface area contributed by atoms with Gasteiger partial charge in [0.25, 0.3) is 10.1 Å². The van der Waals surface area contributed by atoms with Crippen molar-refractivity contribution in [1.29, 1.82) is 0 Å². The average Bonchev–Trinajstić information content (AvgIpc) is 2.78. The summed E-state index contributed by atoms with van der Waals surface area (Å²) < 4.78 is 27.2. The first kappa shape index (κ1) is 19.9. The zero-order chi connectivity index (χ0) is 21.0. The largest absolute Gasteiger partial charge is 0.265 e. The van der Waals surface area contributed by atoms with Crippen LogP contribution in [0.25, 0.3) is 33.9 Å². The first-order valence-electron chi connectivity index (χ1n) is 9.41. The highest BCUT2D eigenvalue weighted by Crippen LogP contribution is 2.27. The van der Waals surface area contributed by atoms with Crippen LogP contribution in [0.2, 0.25) is 0 Å². The predicted octanol–water partition coefficient (Wildman–Crippen LogP) is 4.95. The molecule has 3 aromatic carbocycles. The van der Waals surface area contributed by atoms with E-state index in [1.54, 1.807) is 0 Å². The highest BCUT2D eigenvalue weighted by atomic mass is 32.2. The third kappa shape index (κ3) is 4.97. The second-order valence-electron chi connectivity index (χ2n) is 6.86. The molecule has 4 aromatic rings. The Bertz CT molecular complexity index is 1180. The summed E-state index contributed by atoms with van der Waals surface area (Å²) in [4.78, 5) is 9.55. The van der Waals surface area contributed by atoms with Gasteiger partial charge in [-0.15, -0.1) is 0 Å². The van der Waals surface area contributed by atoms with Crippen molar-refractivity contribution in [3.05, 3.63) is 96.6 Å². The Labute approximate surface area is 176 Å². The van der Waals surface area contributed by atoms with Gasteiger partial charge in [0.1, 0.15) is 0 Å². The molecule has 30 heavy (non-hydrogen) atoms. The zero-order valence-electron chi connectivity index (χ0n) is 16.4. The Morgan fingerprint density at radius 1 is 0.700 bits per heavy atom. The summed E-state index contributed by atoms with van der Waals surface area (Å²) in [6, 6.07) is 29.3. The number of rotatable bonds is 6. The Morgan fingerprint density at radius 3 is 1.67 bits per heavy atom. The van der Waals surface area contributed by atoms with Crippen LogP contribution in [0.4, 0.5) is 0 Å². The molecule has 150 valence electrons. The summed E-state index contributed by atoms with van der Waals surface area (Å²) in [5, 5.41) is 0. The van der Waals surface area contributed by atoms with Gasteiger partial charge in [-0.1, -0.05) is 84.9 Å². The lowest BCUT2D eigenvalue weighted by molar-refractivity contribution is 0.311. The van der Waals surface area contributed by atoms with Crippen LogP contribution in [-0.2, 0) is 20.9 Å². The number of hydrogen-bond donors (Lipinski definition) is 0. The molecule has 0 aliphatic heterocycles. The van der Waals surface area contributed by atoms with E-state index in [0.29, 0.717) is 5.82 Å². The van der Waals surface area contributed by atoms with E-state index in [9.17, 15) is 8.42 Å². The van der Waals surface area contributed by atoms with Gasteiger partial charge in [-0.05, 0) is 11.6 Å². The Morgan fingerprint density at radius 2 is 1.20 bits per heavy atom. The van der Waals surface area contributed by atoms with Gasteiger partial charge in [0, 0.05) is 16.7 Å². The highest BCUT2D eigenvalue weighted by molar-refractivity contribution is 7.85. The van der Waals surface area contributed by atoms with Gasteiger partial charge in [0.2, 0.25) is 0 Å². The summed E-state index contributed by atoms with van der Waals surface area (Å²) >= 11 is 0. The van der Waals surface area contributed by atoms with E-state index in [0.717, 1.165) is 39.9 Å². The van der Waals surface area contributed by atoms with E-state index in [1.165, 1.54) is 0 Å². The fraction of sp³-hybridized carbons (Fsp3) is 0.0833. The van der Waals surface area contributed by atoms with Crippen LogP contribution in [0, 0.1) is 0 Å².